The largest absolute Gasteiger partial charge is 0.396 e. The van der Waals surface area contributed by atoms with Crippen molar-refractivity contribution < 1.29 is 13.9 Å². The normalized spacial score (nSPS) is 14.2. The zero-order chi connectivity index (χ0) is 22.5. The van der Waals surface area contributed by atoms with Crippen molar-refractivity contribution in [2.24, 2.45) is 5.84 Å². The number of carbonyl (C=O) groups is 1. The number of carbonyl (C=O) groups excluding carboxylic acids is 1. The topological polar surface area (TPSA) is 119 Å². The number of anilines is 3. The molecule has 1 aliphatic rings. The molecule has 2 heterocycles. The van der Waals surface area contributed by atoms with Gasteiger partial charge >= 0.3 is 0 Å². The van der Waals surface area contributed by atoms with Crippen molar-refractivity contribution >= 4 is 23.1 Å². The Kier molecular flexibility index (Phi) is 6.60. The summed E-state index contributed by atoms with van der Waals surface area (Å²) in [5.74, 6) is 4.56. The van der Waals surface area contributed by atoms with Gasteiger partial charge in [0.05, 0.1) is 30.2 Å². The third-order valence-corrected chi connectivity index (χ3v) is 5.29. The molecule has 1 saturated heterocycles. The minimum Gasteiger partial charge on any atom is -0.396 e. The molecule has 1 amide bonds. The summed E-state index contributed by atoms with van der Waals surface area (Å²) in [5.41, 5.74) is 11.3. The van der Waals surface area contributed by atoms with Crippen LogP contribution in [0.3, 0.4) is 0 Å². The predicted molar refractivity (Wildman–Crippen MR) is 122 cm³/mol. The number of aromatic nitrogens is 1. The lowest BCUT2D eigenvalue weighted by atomic mass is 10.1. The first kappa shape index (κ1) is 21.7. The number of nitrogens with two attached hydrogens (primary N) is 2. The molecule has 1 fully saturated rings. The highest BCUT2D eigenvalue weighted by atomic mass is 19.1. The summed E-state index contributed by atoms with van der Waals surface area (Å²) in [7, 11) is 0. The van der Waals surface area contributed by atoms with Gasteiger partial charge in [0.15, 0.2) is 5.82 Å². The van der Waals surface area contributed by atoms with Gasteiger partial charge in [-0.15, -0.1) is 0 Å². The standard InChI is InChI=1S/C23H25FN6O2/c24-19-6-3-16(21-8-7-20(25)22(28-21)29-26)13-18(19)23(31)27-17-4-1-15(2-5-17)14-30-9-11-32-12-10-30/h1-8,13H,9-12,14,25-26H2,(H,27,31)(H,28,29). The second-order valence-electron chi connectivity index (χ2n) is 7.51. The molecule has 6 N–H and O–H groups in total. The minimum absolute atomic E-state index is 0.0826. The Bertz CT molecular complexity index is 1100. The fraction of sp³-hybridized carbons (Fsp3) is 0.217. The summed E-state index contributed by atoms with van der Waals surface area (Å²) in [6, 6.07) is 15.1. The minimum atomic E-state index is -0.622. The van der Waals surface area contributed by atoms with E-state index in [-0.39, 0.29) is 5.56 Å². The van der Waals surface area contributed by atoms with Crippen LogP contribution in [0.15, 0.2) is 54.6 Å². The number of morpholine rings is 1. The van der Waals surface area contributed by atoms with Crippen LogP contribution in [0, 0.1) is 5.82 Å². The van der Waals surface area contributed by atoms with E-state index >= 15 is 0 Å². The van der Waals surface area contributed by atoms with Crippen LogP contribution in [0.2, 0.25) is 0 Å². The fourth-order valence-electron chi connectivity index (χ4n) is 3.51. The van der Waals surface area contributed by atoms with Crippen LogP contribution in [0.5, 0.6) is 0 Å². The van der Waals surface area contributed by atoms with Gasteiger partial charge in [-0.25, -0.2) is 15.2 Å². The molecule has 4 rings (SSSR count). The molecule has 0 unspecified atom stereocenters. The number of nitrogen functional groups attached to an aromatic ring is 2. The number of nitrogens with one attached hydrogen (secondary N) is 2. The van der Waals surface area contributed by atoms with Gasteiger partial charge in [0.2, 0.25) is 0 Å². The van der Waals surface area contributed by atoms with Gasteiger partial charge in [0.1, 0.15) is 5.82 Å². The highest BCUT2D eigenvalue weighted by molar-refractivity contribution is 6.05. The SMILES string of the molecule is NNc1nc(-c2ccc(F)c(C(=O)Nc3ccc(CN4CCOCC4)cc3)c2)ccc1N. The van der Waals surface area contributed by atoms with Crippen LogP contribution in [0.4, 0.5) is 21.6 Å². The molecule has 1 aliphatic heterocycles. The van der Waals surface area contributed by atoms with E-state index in [4.69, 9.17) is 16.3 Å². The number of halogens is 1. The van der Waals surface area contributed by atoms with Crippen LogP contribution in [0.1, 0.15) is 15.9 Å². The molecular formula is C23H25FN6O2. The number of benzene rings is 2. The van der Waals surface area contributed by atoms with Crippen LogP contribution < -0.4 is 22.3 Å². The molecule has 2 aromatic carbocycles. The number of hydrogen-bond donors (Lipinski definition) is 4. The monoisotopic (exact) mass is 436 g/mol. The van der Waals surface area contributed by atoms with Crippen molar-refractivity contribution in [2.45, 2.75) is 6.54 Å². The number of ether oxygens (including phenoxy) is 1. The molecule has 32 heavy (non-hydrogen) atoms. The highest BCUT2D eigenvalue weighted by Crippen LogP contribution is 2.25. The molecule has 8 nitrogen and oxygen atoms in total. The number of nitrogens with zero attached hydrogens (tertiary/aromatic N) is 2. The van der Waals surface area contributed by atoms with E-state index in [1.807, 2.05) is 24.3 Å². The van der Waals surface area contributed by atoms with Gasteiger partial charge in [-0.05, 0) is 48.0 Å². The molecule has 3 aromatic rings. The number of hydrazine groups is 1. The van der Waals surface area contributed by atoms with Crippen molar-refractivity contribution in [3.05, 3.63) is 71.5 Å². The van der Waals surface area contributed by atoms with Crippen LogP contribution in [0.25, 0.3) is 11.3 Å². The number of hydrogen-bond acceptors (Lipinski definition) is 7. The van der Waals surface area contributed by atoms with Gasteiger partial charge in [-0.1, -0.05) is 12.1 Å². The maximum absolute atomic E-state index is 14.4. The zero-order valence-corrected chi connectivity index (χ0v) is 17.5. The second kappa shape index (κ2) is 9.73. The van der Waals surface area contributed by atoms with Crippen molar-refractivity contribution in [1.29, 1.82) is 0 Å². The third-order valence-electron chi connectivity index (χ3n) is 5.29. The zero-order valence-electron chi connectivity index (χ0n) is 17.5. The Morgan fingerprint density at radius 3 is 2.56 bits per heavy atom. The predicted octanol–water partition coefficient (Wildman–Crippen LogP) is 2.84. The summed E-state index contributed by atoms with van der Waals surface area (Å²) < 4.78 is 19.8. The van der Waals surface area contributed by atoms with Crippen molar-refractivity contribution in [3.8, 4) is 11.3 Å². The van der Waals surface area contributed by atoms with Crippen molar-refractivity contribution in [2.75, 3.05) is 42.8 Å². The number of rotatable bonds is 6. The first-order chi connectivity index (χ1) is 15.5. The summed E-state index contributed by atoms with van der Waals surface area (Å²) in [6.45, 7) is 4.12. The third kappa shape index (κ3) is 5.02. The van der Waals surface area contributed by atoms with E-state index in [1.165, 1.54) is 12.1 Å². The Hall–Kier alpha value is -3.53. The molecule has 0 atom stereocenters. The first-order valence-electron chi connectivity index (χ1n) is 10.3. The second-order valence-corrected chi connectivity index (χ2v) is 7.51. The Balaban J connectivity index is 1.47. The lowest BCUT2D eigenvalue weighted by Crippen LogP contribution is -2.35. The van der Waals surface area contributed by atoms with E-state index in [9.17, 15) is 9.18 Å². The summed E-state index contributed by atoms with van der Waals surface area (Å²) in [6.07, 6.45) is 0. The highest BCUT2D eigenvalue weighted by Gasteiger charge is 2.15. The van der Waals surface area contributed by atoms with Crippen LogP contribution in [-0.2, 0) is 11.3 Å². The van der Waals surface area contributed by atoms with Gasteiger partial charge in [0, 0.05) is 30.9 Å². The smallest absolute Gasteiger partial charge is 0.258 e. The lowest BCUT2D eigenvalue weighted by Gasteiger charge is -2.26. The van der Waals surface area contributed by atoms with Crippen molar-refractivity contribution in [1.82, 2.24) is 9.88 Å². The first-order valence-corrected chi connectivity index (χ1v) is 10.3. The number of amides is 1. The van der Waals surface area contributed by atoms with Crippen LogP contribution >= 0.6 is 0 Å². The lowest BCUT2D eigenvalue weighted by molar-refractivity contribution is 0.0342. The van der Waals surface area contributed by atoms with Gasteiger partial charge < -0.3 is 21.2 Å². The molecule has 0 spiro atoms. The van der Waals surface area contributed by atoms with Crippen LogP contribution in [-0.4, -0.2) is 42.1 Å². The average Bonchev–Trinajstić information content (AvgIpc) is 2.81. The molecule has 166 valence electrons. The summed E-state index contributed by atoms with van der Waals surface area (Å²) in [4.78, 5) is 19.4. The van der Waals surface area contributed by atoms with Gasteiger partial charge in [-0.3, -0.25) is 9.69 Å². The maximum Gasteiger partial charge on any atom is 0.258 e. The van der Waals surface area contributed by atoms with E-state index in [0.29, 0.717) is 28.5 Å². The Morgan fingerprint density at radius 1 is 1.09 bits per heavy atom. The van der Waals surface area contributed by atoms with E-state index in [1.54, 1.807) is 18.2 Å². The van der Waals surface area contributed by atoms with Gasteiger partial charge in [0.25, 0.3) is 5.91 Å². The fourth-order valence-corrected chi connectivity index (χ4v) is 3.51. The summed E-state index contributed by atoms with van der Waals surface area (Å²) >= 11 is 0. The van der Waals surface area contributed by atoms with Gasteiger partial charge in [-0.2, -0.15) is 0 Å². The Labute approximate surface area is 185 Å². The molecule has 0 radical (unpaired) electrons. The van der Waals surface area contributed by atoms with E-state index in [2.05, 4.69) is 20.6 Å². The Morgan fingerprint density at radius 2 is 1.84 bits per heavy atom. The van der Waals surface area contributed by atoms with E-state index < -0.39 is 11.7 Å². The molecule has 1 aromatic heterocycles. The van der Waals surface area contributed by atoms with E-state index in [0.717, 1.165) is 38.4 Å². The quantitative estimate of drug-likeness (QED) is 0.347. The molecule has 0 bridgehead atoms. The maximum atomic E-state index is 14.4. The molecule has 0 aliphatic carbocycles. The molecule has 9 heteroatoms. The van der Waals surface area contributed by atoms with Crippen molar-refractivity contribution in [3.63, 3.8) is 0 Å². The summed E-state index contributed by atoms with van der Waals surface area (Å²) in [5, 5.41) is 2.75. The molecular weight excluding hydrogens is 411 g/mol. The average molecular weight is 436 g/mol. The molecule has 0 saturated carbocycles. The number of pyridine rings is 1.